The summed E-state index contributed by atoms with van der Waals surface area (Å²) in [5.41, 5.74) is 2.88. The van der Waals surface area contributed by atoms with Crippen LogP contribution in [0.4, 0.5) is 4.39 Å². The van der Waals surface area contributed by atoms with Gasteiger partial charge in [0.2, 0.25) is 0 Å². The number of allylic oxidation sites excluding steroid dienone is 2. The molecule has 0 nitrogen and oxygen atoms in total. The first-order chi connectivity index (χ1) is 14.7. The van der Waals surface area contributed by atoms with E-state index in [1.165, 1.54) is 69.8 Å². The van der Waals surface area contributed by atoms with Gasteiger partial charge in [-0.05, 0) is 86.0 Å². The van der Waals surface area contributed by atoms with Gasteiger partial charge < -0.3 is 0 Å². The van der Waals surface area contributed by atoms with E-state index in [1.54, 1.807) is 6.07 Å². The molecule has 0 aliphatic heterocycles. The normalized spacial score (nSPS) is 24.1. The highest BCUT2D eigenvalue weighted by molar-refractivity contribution is 5.42. The molecule has 3 rings (SSSR count). The Morgan fingerprint density at radius 3 is 2.37 bits per heavy atom. The summed E-state index contributed by atoms with van der Waals surface area (Å²) in [7, 11) is 0. The molecular formula is C29H41F. The van der Waals surface area contributed by atoms with Gasteiger partial charge in [0.1, 0.15) is 5.82 Å². The summed E-state index contributed by atoms with van der Waals surface area (Å²) in [4.78, 5) is 0. The van der Waals surface area contributed by atoms with Crippen LogP contribution < -0.4 is 0 Å². The van der Waals surface area contributed by atoms with Crippen molar-refractivity contribution in [2.45, 2.75) is 104 Å². The molecule has 30 heavy (non-hydrogen) atoms. The Bertz CT molecular complexity index is 739. The summed E-state index contributed by atoms with van der Waals surface area (Å²) in [6.45, 7) is 4.44. The van der Waals surface area contributed by atoms with E-state index in [-0.39, 0.29) is 5.82 Å². The van der Waals surface area contributed by atoms with Gasteiger partial charge in [0.05, 0.1) is 0 Å². The fraction of sp³-hybridized carbons (Fsp3) is 0.655. The molecule has 164 valence electrons. The van der Waals surface area contributed by atoms with Gasteiger partial charge in [0.25, 0.3) is 0 Å². The second kappa shape index (κ2) is 12.3. The van der Waals surface area contributed by atoms with E-state index in [4.69, 9.17) is 0 Å². The molecule has 0 aromatic heterocycles. The highest BCUT2D eigenvalue weighted by atomic mass is 19.1. The average molecular weight is 409 g/mol. The van der Waals surface area contributed by atoms with Crippen molar-refractivity contribution in [3.63, 3.8) is 0 Å². The molecule has 0 saturated heterocycles. The van der Waals surface area contributed by atoms with E-state index in [9.17, 15) is 4.39 Å². The zero-order valence-corrected chi connectivity index (χ0v) is 19.3. The first-order valence-corrected chi connectivity index (χ1v) is 12.7. The number of hydrogen-bond acceptors (Lipinski definition) is 0. The Morgan fingerprint density at radius 2 is 1.70 bits per heavy atom. The number of rotatable bonds is 8. The molecule has 1 saturated carbocycles. The Balaban J connectivity index is 1.46. The Labute approximate surface area is 184 Å². The molecule has 0 bridgehead atoms. The van der Waals surface area contributed by atoms with E-state index in [0.29, 0.717) is 0 Å². The third-order valence-electron chi connectivity index (χ3n) is 7.45. The number of aryl methyl sites for hydroxylation is 1. The number of unbranched alkanes of at least 4 members (excludes halogenated alkanes) is 3. The Kier molecular flexibility index (Phi) is 9.51. The topological polar surface area (TPSA) is 0 Å². The van der Waals surface area contributed by atoms with Gasteiger partial charge in [0.15, 0.2) is 0 Å². The monoisotopic (exact) mass is 408 g/mol. The minimum absolute atomic E-state index is 0.0989. The molecule has 0 N–H and O–H groups in total. The Morgan fingerprint density at radius 1 is 0.900 bits per heavy atom. The SMILES string of the molecule is CCCCCC1CCC(C2CC=C(C#Cc3ccc(CCCC)c(F)c3)CC2)CC1. The van der Waals surface area contributed by atoms with Crippen LogP contribution in [0.5, 0.6) is 0 Å². The van der Waals surface area contributed by atoms with Crippen LogP contribution in [0, 0.1) is 35.4 Å². The molecule has 0 radical (unpaired) electrons. The van der Waals surface area contributed by atoms with Crippen LogP contribution in [-0.4, -0.2) is 0 Å². The quantitative estimate of drug-likeness (QED) is 0.298. The Hall–Kier alpha value is -1.55. The first kappa shape index (κ1) is 23.1. The fourth-order valence-electron chi connectivity index (χ4n) is 5.37. The highest BCUT2D eigenvalue weighted by Crippen LogP contribution is 2.40. The molecule has 1 atom stereocenters. The number of benzene rings is 1. The van der Waals surface area contributed by atoms with Gasteiger partial charge >= 0.3 is 0 Å². The molecule has 1 aromatic rings. The average Bonchev–Trinajstić information content (AvgIpc) is 2.78. The molecule has 2 aliphatic carbocycles. The van der Waals surface area contributed by atoms with E-state index < -0.39 is 0 Å². The van der Waals surface area contributed by atoms with Crippen molar-refractivity contribution < 1.29 is 4.39 Å². The summed E-state index contributed by atoms with van der Waals surface area (Å²) < 4.78 is 14.2. The van der Waals surface area contributed by atoms with Crippen LogP contribution in [0.25, 0.3) is 0 Å². The van der Waals surface area contributed by atoms with Gasteiger partial charge in [-0.1, -0.05) is 82.8 Å². The lowest BCUT2D eigenvalue weighted by Gasteiger charge is -2.35. The van der Waals surface area contributed by atoms with E-state index in [2.05, 4.69) is 31.8 Å². The molecule has 2 aliphatic rings. The standard InChI is InChI=1S/C29H41F/c1-3-5-7-8-23-12-17-26(18-13-23)27-19-14-24(15-20-27)10-11-25-16-21-28(9-6-4-2)29(30)22-25/h14,16,21-23,26-27H,3-9,12-13,15,17-20H2,1-2H3. The van der Waals surface area contributed by atoms with Crippen molar-refractivity contribution in [3.8, 4) is 11.8 Å². The van der Waals surface area contributed by atoms with Crippen molar-refractivity contribution in [1.82, 2.24) is 0 Å². The van der Waals surface area contributed by atoms with E-state index in [1.807, 2.05) is 12.1 Å². The fourth-order valence-corrected chi connectivity index (χ4v) is 5.37. The van der Waals surface area contributed by atoms with Crippen molar-refractivity contribution in [1.29, 1.82) is 0 Å². The summed E-state index contributed by atoms with van der Waals surface area (Å²) in [6, 6.07) is 5.51. The minimum atomic E-state index is -0.0989. The summed E-state index contributed by atoms with van der Waals surface area (Å²) in [5, 5.41) is 0. The van der Waals surface area contributed by atoms with Crippen LogP contribution >= 0.6 is 0 Å². The van der Waals surface area contributed by atoms with Crippen molar-refractivity contribution in [3.05, 3.63) is 46.8 Å². The van der Waals surface area contributed by atoms with Crippen molar-refractivity contribution in [2.75, 3.05) is 0 Å². The number of halogens is 1. The second-order valence-corrected chi connectivity index (χ2v) is 9.70. The smallest absolute Gasteiger partial charge is 0.127 e. The maximum absolute atomic E-state index is 14.2. The predicted octanol–water partition coefficient (Wildman–Crippen LogP) is 8.63. The van der Waals surface area contributed by atoms with Gasteiger partial charge in [-0.25, -0.2) is 4.39 Å². The van der Waals surface area contributed by atoms with Crippen LogP contribution in [0.3, 0.4) is 0 Å². The van der Waals surface area contributed by atoms with Crippen LogP contribution in [-0.2, 0) is 6.42 Å². The van der Waals surface area contributed by atoms with E-state index in [0.717, 1.165) is 54.6 Å². The van der Waals surface area contributed by atoms with Gasteiger partial charge in [-0.15, -0.1) is 0 Å². The molecular weight excluding hydrogens is 367 g/mol. The zero-order valence-electron chi connectivity index (χ0n) is 19.3. The summed E-state index contributed by atoms with van der Waals surface area (Å²) >= 11 is 0. The van der Waals surface area contributed by atoms with E-state index >= 15 is 0 Å². The molecule has 1 heteroatoms. The molecule has 1 aromatic carbocycles. The highest BCUT2D eigenvalue weighted by Gasteiger charge is 2.28. The second-order valence-electron chi connectivity index (χ2n) is 9.70. The molecule has 1 fully saturated rings. The third-order valence-corrected chi connectivity index (χ3v) is 7.45. The maximum Gasteiger partial charge on any atom is 0.127 e. The summed E-state index contributed by atoms with van der Waals surface area (Å²) in [5.74, 6) is 9.24. The zero-order chi connectivity index (χ0) is 21.2. The minimum Gasteiger partial charge on any atom is -0.207 e. The lowest BCUT2D eigenvalue weighted by Crippen LogP contribution is -2.23. The number of hydrogen-bond donors (Lipinski definition) is 0. The molecule has 0 spiro atoms. The van der Waals surface area contributed by atoms with Crippen LogP contribution in [0.1, 0.15) is 108 Å². The van der Waals surface area contributed by atoms with Crippen molar-refractivity contribution in [2.24, 2.45) is 17.8 Å². The van der Waals surface area contributed by atoms with Gasteiger partial charge in [-0.2, -0.15) is 0 Å². The molecule has 0 amide bonds. The predicted molar refractivity (Wildman–Crippen MR) is 127 cm³/mol. The van der Waals surface area contributed by atoms with Crippen LogP contribution in [0.15, 0.2) is 29.8 Å². The largest absolute Gasteiger partial charge is 0.207 e. The third kappa shape index (κ3) is 7.01. The van der Waals surface area contributed by atoms with Gasteiger partial charge in [0, 0.05) is 5.56 Å². The lowest BCUT2D eigenvalue weighted by molar-refractivity contribution is 0.186. The molecule has 0 heterocycles. The first-order valence-electron chi connectivity index (χ1n) is 12.7. The van der Waals surface area contributed by atoms with Crippen molar-refractivity contribution >= 4 is 0 Å². The molecule has 1 unspecified atom stereocenters. The maximum atomic E-state index is 14.2. The summed E-state index contributed by atoms with van der Waals surface area (Å²) in [6.07, 6.45) is 20.4. The van der Waals surface area contributed by atoms with Crippen LogP contribution in [0.2, 0.25) is 0 Å². The lowest BCUT2D eigenvalue weighted by atomic mass is 9.70. The van der Waals surface area contributed by atoms with Gasteiger partial charge in [-0.3, -0.25) is 0 Å².